The van der Waals surface area contributed by atoms with Crippen LogP contribution in [0, 0.1) is 0 Å². The first kappa shape index (κ1) is 20.1. The molecule has 1 aliphatic carbocycles. The Morgan fingerprint density at radius 3 is 2.13 bits per heavy atom. The van der Waals surface area contributed by atoms with Gasteiger partial charge >= 0.3 is 0 Å². The molecule has 1 aliphatic rings. The van der Waals surface area contributed by atoms with Gasteiger partial charge in [0.05, 0.1) is 34.0 Å². The van der Waals surface area contributed by atoms with E-state index in [9.17, 15) is 0 Å². The van der Waals surface area contributed by atoms with Gasteiger partial charge in [-0.25, -0.2) is 0 Å². The van der Waals surface area contributed by atoms with Gasteiger partial charge in [0.2, 0.25) is 5.75 Å². The molecule has 0 spiro atoms. The van der Waals surface area contributed by atoms with Crippen LogP contribution < -0.4 is 18.9 Å². The van der Waals surface area contributed by atoms with Crippen molar-refractivity contribution in [3.63, 3.8) is 0 Å². The van der Waals surface area contributed by atoms with Crippen LogP contribution in [0.4, 0.5) is 0 Å². The zero-order chi connectivity index (χ0) is 21.1. The first-order valence-electron chi connectivity index (χ1n) is 10.2. The lowest BCUT2D eigenvalue weighted by molar-refractivity contribution is 0.324. The van der Waals surface area contributed by atoms with Gasteiger partial charge in [0.1, 0.15) is 5.75 Å². The lowest BCUT2D eigenvalue weighted by atomic mass is 9.90. The van der Waals surface area contributed by atoms with E-state index in [1.807, 2.05) is 30.5 Å². The summed E-state index contributed by atoms with van der Waals surface area (Å²) in [6.45, 7) is 0. The molecular formula is C25H27NO4. The second-order valence-electron chi connectivity index (χ2n) is 7.35. The molecule has 0 atom stereocenters. The highest BCUT2D eigenvalue weighted by molar-refractivity contribution is 5.98. The summed E-state index contributed by atoms with van der Waals surface area (Å²) in [5, 5.41) is 1.05. The van der Waals surface area contributed by atoms with E-state index in [2.05, 4.69) is 12.1 Å². The molecule has 1 heterocycles. The molecule has 5 heteroatoms. The van der Waals surface area contributed by atoms with E-state index in [4.69, 9.17) is 23.9 Å². The highest BCUT2D eigenvalue weighted by atomic mass is 16.5. The molecule has 2 aromatic carbocycles. The van der Waals surface area contributed by atoms with Gasteiger partial charge in [-0.2, -0.15) is 0 Å². The number of benzene rings is 2. The summed E-state index contributed by atoms with van der Waals surface area (Å²) >= 11 is 0. The Hall–Kier alpha value is -3.21. The number of hydrogen-bond acceptors (Lipinski definition) is 5. The highest BCUT2D eigenvalue weighted by Crippen LogP contribution is 2.45. The van der Waals surface area contributed by atoms with Gasteiger partial charge in [-0.05, 0) is 67.2 Å². The van der Waals surface area contributed by atoms with Crippen molar-refractivity contribution in [3.05, 3.63) is 59.3 Å². The van der Waals surface area contributed by atoms with Gasteiger partial charge in [0.25, 0.3) is 0 Å². The molecule has 0 aliphatic heterocycles. The number of hydrogen-bond donors (Lipinski definition) is 0. The van der Waals surface area contributed by atoms with Crippen molar-refractivity contribution >= 4 is 16.5 Å². The van der Waals surface area contributed by atoms with Crippen LogP contribution in [0.2, 0.25) is 0 Å². The predicted molar refractivity (Wildman–Crippen MR) is 119 cm³/mol. The minimum absolute atomic E-state index is 0.591. The molecule has 1 aromatic heterocycles. The van der Waals surface area contributed by atoms with Gasteiger partial charge in [-0.3, -0.25) is 4.98 Å². The molecule has 1 saturated carbocycles. The van der Waals surface area contributed by atoms with Crippen molar-refractivity contribution in [2.75, 3.05) is 28.4 Å². The predicted octanol–water partition coefficient (Wildman–Crippen LogP) is 5.65. The Bertz CT molecular complexity index is 1070. The van der Waals surface area contributed by atoms with Crippen LogP contribution >= 0.6 is 0 Å². The fraction of sp³-hybridized carbons (Fsp3) is 0.320. The summed E-state index contributed by atoms with van der Waals surface area (Å²) in [6.07, 6.45) is 6.36. The summed E-state index contributed by atoms with van der Waals surface area (Å²) in [5.41, 5.74) is 5.65. The first-order valence-corrected chi connectivity index (χ1v) is 10.2. The normalized spacial score (nSPS) is 13.4. The minimum atomic E-state index is 0.591. The second-order valence-corrected chi connectivity index (χ2v) is 7.35. The lowest BCUT2D eigenvalue weighted by Crippen LogP contribution is -2.00. The van der Waals surface area contributed by atoms with Crippen molar-refractivity contribution in [3.8, 4) is 23.0 Å². The number of ether oxygens (including phenoxy) is 4. The van der Waals surface area contributed by atoms with E-state index in [0.717, 1.165) is 40.6 Å². The zero-order valence-electron chi connectivity index (χ0n) is 18.0. The lowest BCUT2D eigenvalue weighted by Gasteiger charge is -2.19. The van der Waals surface area contributed by atoms with Crippen LogP contribution in [-0.4, -0.2) is 33.4 Å². The summed E-state index contributed by atoms with van der Waals surface area (Å²) < 4.78 is 22.4. The molecular weight excluding hydrogens is 378 g/mol. The van der Waals surface area contributed by atoms with Crippen LogP contribution in [0.1, 0.15) is 36.8 Å². The largest absolute Gasteiger partial charge is 0.497 e. The van der Waals surface area contributed by atoms with Crippen molar-refractivity contribution < 1.29 is 18.9 Å². The van der Waals surface area contributed by atoms with Gasteiger partial charge in [-0.15, -0.1) is 0 Å². The first-order chi connectivity index (χ1) is 14.7. The molecule has 0 N–H and O–H groups in total. The topological polar surface area (TPSA) is 49.8 Å². The van der Waals surface area contributed by atoms with Crippen LogP contribution in [0.15, 0.2) is 48.2 Å². The Labute approximate surface area is 177 Å². The van der Waals surface area contributed by atoms with Crippen LogP contribution in [0.3, 0.4) is 0 Å². The summed E-state index contributed by atoms with van der Waals surface area (Å²) in [6, 6.07) is 12.2. The molecule has 30 heavy (non-hydrogen) atoms. The number of rotatable bonds is 6. The van der Waals surface area contributed by atoms with E-state index < -0.39 is 0 Å². The van der Waals surface area contributed by atoms with E-state index in [1.165, 1.54) is 24.0 Å². The number of fused-ring (bicyclic) bond motifs is 1. The van der Waals surface area contributed by atoms with E-state index in [-0.39, 0.29) is 0 Å². The maximum atomic E-state index is 5.63. The van der Waals surface area contributed by atoms with Crippen molar-refractivity contribution in [2.45, 2.75) is 25.7 Å². The third-order valence-electron chi connectivity index (χ3n) is 5.70. The molecule has 4 rings (SSSR count). The van der Waals surface area contributed by atoms with Crippen molar-refractivity contribution in [2.24, 2.45) is 0 Å². The van der Waals surface area contributed by atoms with E-state index >= 15 is 0 Å². The average Bonchev–Trinajstić information content (AvgIpc) is 3.32. The standard InChI is InChI=1S/C25H27NO4/c1-27-19-12-17-10-7-11-26-24(17)20(15-19)23(16-8-5-6-9-16)18-13-21(28-2)25(30-4)22(14-18)29-3/h7,10-15H,5-6,8-9H2,1-4H3. The average molecular weight is 405 g/mol. The maximum absolute atomic E-state index is 5.63. The molecule has 156 valence electrons. The Kier molecular flexibility index (Phi) is 5.79. The summed E-state index contributed by atoms with van der Waals surface area (Å²) in [7, 11) is 6.61. The minimum Gasteiger partial charge on any atom is -0.497 e. The van der Waals surface area contributed by atoms with Gasteiger partial charge < -0.3 is 18.9 Å². The zero-order valence-corrected chi connectivity index (χ0v) is 18.0. The van der Waals surface area contributed by atoms with Crippen LogP contribution in [-0.2, 0) is 0 Å². The van der Waals surface area contributed by atoms with Crippen LogP contribution in [0.5, 0.6) is 23.0 Å². The van der Waals surface area contributed by atoms with Gasteiger partial charge in [0, 0.05) is 17.1 Å². The number of allylic oxidation sites excluding steroid dienone is 1. The molecule has 0 saturated heterocycles. The highest BCUT2D eigenvalue weighted by Gasteiger charge is 2.22. The molecule has 0 bridgehead atoms. The fourth-order valence-electron chi connectivity index (χ4n) is 4.30. The second kappa shape index (κ2) is 8.66. The Morgan fingerprint density at radius 1 is 0.833 bits per heavy atom. The van der Waals surface area contributed by atoms with Crippen LogP contribution in [0.25, 0.3) is 16.5 Å². The quantitative estimate of drug-likeness (QED) is 0.531. The molecule has 0 amide bonds. The Balaban J connectivity index is 2.04. The molecule has 5 nitrogen and oxygen atoms in total. The number of aromatic nitrogens is 1. The number of pyridine rings is 1. The molecule has 0 unspecified atom stereocenters. The molecule has 0 radical (unpaired) electrons. The molecule has 3 aromatic rings. The fourth-order valence-corrected chi connectivity index (χ4v) is 4.30. The Morgan fingerprint density at radius 2 is 1.53 bits per heavy atom. The van der Waals surface area contributed by atoms with E-state index in [0.29, 0.717) is 17.2 Å². The van der Waals surface area contributed by atoms with Crippen molar-refractivity contribution in [1.29, 1.82) is 0 Å². The van der Waals surface area contributed by atoms with E-state index in [1.54, 1.807) is 28.4 Å². The summed E-state index contributed by atoms with van der Waals surface area (Å²) in [4.78, 5) is 4.72. The third-order valence-corrected chi connectivity index (χ3v) is 5.70. The van der Waals surface area contributed by atoms with Gasteiger partial charge in [0.15, 0.2) is 11.5 Å². The SMILES string of the molecule is COc1cc(C(=C2CCCC2)c2cc(OC)c(OC)c(OC)c2)c2ncccc2c1. The molecule has 1 fully saturated rings. The summed E-state index contributed by atoms with van der Waals surface area (Å²) in [5.74, 6) is 2.69. The smallest absolute Gasteiger partial charge is 0.203 e. The number of nitrogens with zero attached hydrogens (tertiary/aromatic N) is 1. The maximum Gasteiger partial charge on any atom is 0.203 e. The number of methoxy groups -OCH3 is 4. The van der Waals surface area contributed by atoms with Gasteiger partial charge in [-0.1, -0.05) is 11.6 Å². The third kappa shape index (κ3) is 3.56. The monoisotopic (exact) mass is 405 g/mol. The van der Waals surface area contributed by atoms with Crippen molar-refractivity contribution in [1.82, 2.24) is 4.98 Å².